The van der Waals surface area contributed by atoms with Crippen molar-refractivity contribution in [2.75, 3.05) is 0 Å². The molecular weight excluding hydrogens is 437 g/mol. The van der Waals surface area contributed by atoms with Crippen molar-refractivity contribution >= 4 is 22.8 Å². The summed E-state index contributed by atoms with van der Waals surface area (Å²) >= 11 is 0. The molecular formula is C26H26FN3O4. The van der Waals surface area contributed by atoms with Crippen molar-refractivity contribution in [1.29, 1.82) is 0 Å². The summed E-state index contributed by atoms with van der Waals surface area (Å²) in [5, 5.41) is 3.66. The number of aromatic nitrogens is 2. The van der Waals surface area contributed by atoms with Crippen LogP contribution in [0.5, 0.6) is 0 Å². The molecule has 3 aromatic rings. The normalized spacial score (nSPS) is 19.3. The second-order valence-electron chi connectivity index (χ2n) is 9.47. The summed E-state index contributed by atoms with van der Waals surface area (Å²) in [6.45, 7) is 8.88. The second-order valence-corrected chi connectivity index (χ2v) is 9.47. The van der Waals surface area contributed by atoms with Crippen LogP contribution in [0.25, 0.3) is 22.3 Å². The van der Waals surface area contributed by atoms with Crippen LogP contribution in [-0.4, -0.2) is 21.4 Å². The van der Waals surface area contributed by atoms with Crippen molar-refractivity contribution in [3.63, 3.8) is 0 Å². The van der Waals surface area contributed by atoms with E-state index in [1.54, 1.807) is 24.5 Å². The van der Waals surface area contributed by atoms with Crippen LogP contribution in [0, 0.1) is 12.7 Å². The fraction of sp³-hybridized carbons (Fsp3) is 0.385. The molecule has 0 saturated carbocycles. The van der Waals surface area contributed by atoms with Gasteiger partial charge >= 0.3 is 5.97 Å². The summed E-state index contributed by atoms with van der Waals surface area (Å²) in [5.74, 6) is -0.920. The van der Waals surface area contributed by atoms with E-state index in [0.717, 1.165) is 16.5 Å². The molecule has 2 aromatic heterocycles. The number of nitrogens with zero attached hydrogens (tertiary/aromatic N) is 2. The molecule has 0 aliphatic carbocycles. The van der Waals surface area contributed by atoms with Gasteiger partial charge in [-0.15, -0.1) is 0 Å². The van der Waals surface area contributed by atoms with E-state index in [0.29, 0.717) is 40.0 Å². The van der Waals surface area contributed by atoms with Crippen LogP contribution < -0.4 is 10.9 Å². The van der Waals surface area contributed by atoms with Gasteiger partial charge in [-0.1, -0.05) is 6.92 Å². The number of halogens is 1. The van der Waals surface area contributed by atoms with Gasteiger partial charge in [0.05, 0.1) is 40.5 Å². The number of fused-ring (bicyclic) bond motifs is 5. The van der Waals surface area contributed by atoms with Crippen molar-refractivity contribution in [3.05, 3.63) is 62.2 Å². The molecule has 1 amide bonds. The molecule has 8 heteroatoms. The Hall–Kier alpha value is -3.55. The SMILES string of the molecule is CC[C@@]1(C)C(=O)OCc2c1cc1n(c2=O)Cc2c-1nc1cc(F)c(C)cc1c2C(C)NC(C)=O. The van der Waals surface area contributed by atoms with E-state index in [4.69, 9.17) is 9.72 Å². The molecule has 0 radical (unpaired) electrons. The lowest BCUT2D eigenvalue weighted by atomic mass is 9.76. The number of ether oxygens (including phenoxy) is 1. The van der Waals surface area contributed by atoms with Gasteiger partial charge < -0.3 is 14.6 Å². The Bertz CT molecular complexity index is 1480. The summed E-state index contributed by atoms with van der Waals surface area (Å²) in [4.78, 5) is 42.8. The largest absolute Gasteiger partial charge is 0.460 e. The Balaban J connectivity index is 1.84. The van der Waals surface area contributed by atoms with Crippen molar-refractivity contribution in [2.24, 2.45) is 0 Å². The highest BCUT2D eigenvalue weighted by Gasteiger charge is 2.43. The highest BCUT2D eigenvalue weighted by atomic mass is 19.1. The summed E-state index contributed by atoms with van der Waals surface area (Å²) < 4.78 is 21.5. The first-order valence-electron chi connectivity index (χ1n) is 11.4. The minimum Gasteiger partial charge on any atom is -0.460 e. The van der Waals surface area contributed by atoms with Gasteiger partial charge in [-0.2, -0.15) is 0 Å². The molecule has 1 unspecified atom stereocenters. The first-order chi connectivity index (χ1) is 16.1. The third-order valence-corrected chi connectivity index (χ3v) is 7.32. The smallest absolute Gasteiger partial charge is 0.316 e. The predicted molar refractivity (Wildman–Crippen MR) is 125 cm³/mol. The number of hydrogen-bond donors (Lipinski definition) is 1. The van der Waals surface area contributed by atoms with Crippen molar-refractivity contribution in [1.82, 2.24) is 14.9 Å². The first-order valence-corrected chi connectivity index (χ1v) is 11.4. The maximum Gasteiger partial charge on any atom is 0.316 e. The number of benzene rings is 1. The van der Waals surface area contributed by atoms with Gasteiger partial charge in [-0.3, -0.25) is 14.4 Å². The third-order valence-electron chi connectivity index (χ3n) is 7.32. The van der Waals surface area contributed by atoms with Gasteiger partial charge in [0.2, 0.25) is 5.91 Å². The van der Waals surface area contributed by atoms with E-state index >= 15 is 0 Å². The molecule has 4 heterocycles. The molecule has 7 nitrogen and oxygen atoms in total. The Morgan fingerprint density at radius 1 is 1.29 bits per heavy atom. The Labute approximate surface area is 196 Å². The summed E-state index contributed by atoms with van der Waals surface area (Å²) in [7, 11) is 0. The first kappa shape index (κ1) is 22.3. The molecule has 176 valence electrons. The van der Waals surface area contributed by atoms with Gasteiger partial charge in [0.25, 0.3) is 5.56 Å². The number of rotatable bonds is 3. The van der Waals surface area contributed by atoms with Crippen LogP contribution in [0.2, 0.25) is 0 Å². The quantitative estimate of drug-likeness (QED) is 0.467. The fourth-order valence-electron chi connectivity index (χ4n) is 5.27. The molecule has 1 N–H and O–H groups in total. The minimum atomic E-state index is -0.933. The maximum atomic E-state index is 14.5. The van der Waals surface area contributed by atoms with Gasteiger partial charge in [0.15, 0.2) is 0 Å². The number of esters is 1. The van der Waals surface area contributed by atoms with E-state index in [9.17, 15) is 18.8 Å². The average Bonchev–Trinajstić information content (AvgIpc) is 3.14. The highest BCUT2D eigenvalue weighted by molar-refractivity contribution is 5.90. The van der Waals surface area contributed by atoms with Crippen LogP contribution in [-0.2, 0) is 32.9 Å². The molecule has 0 saturated heterocycles. The topological polar surface area (TPSA) is 90.3 Å². The van der Waals surface area contributed by atoms with Crippen molar-refractivity contribution < 1.29 is 18.7 Å². The Morgan fingerprint density at radius 3 is 2.71 bits per heavy atom. The molecule has 1 aromatic carbocycles. The molecule has 2 aliphatic rings. The van der Waals surface area contributed by atoms with Gasteiger partial charge in [-0.05, 0) is 56.0 Å². The average molecular weight is 464 g/mol. The summed E-state index contributed by atoms with van der Waals surface area (Å²) in [5.41, 5.74) is 3.68. The highest BCUT2D eigenvalue weighted by Crippen LogP contribution is 2.42. The predicted octanol–water partition coefficient (Wildman–Crippen LogP) is 3.79. The van der Waals surface area contributed by atoms with E-state index < -0.39 is 5.41 Å². The van der Waals surface area contributed by atoms with E-state index in [-0.39, 0.29) is 42.4 Å². The minimum absolute atomic E-state index is 0.0613. The molecule has 0 bridgehead atoms. The number of nitrogens with one attached hydrogen (secondary N) is 1. The van der Waals surface area contributed by atoms with Crippen LogP contribution in [0.3, 0.4) is 0 Å². The Kier molecular flexibility index (Phi) is 4.90. The van der Waals surface area contributed by atoms with Crippen LogP contribution in [0.1, 0.15) is 68.0 Å². The number of aryl methyl sites for hydroxylation is 1. The van der Waals surface area contributed by atoms with E-state index in [1.807, 2.05) is 19.9 Å². The zero-order valence-electron chi connectivity index (χ0n) is 19.8. The standard InChI is InChI=1S/C26H26FN3O4/c1-6-26(5)18-8-21-23-16(10-30(21)24(32)17(18)11-34-25(26)33)22(13(3)28-14(4)31)15-7-12(2)19(27)9-20(15)29-23/h7-9,13H,6,10-11H2,1-5H3,(H,28,31)/t13?,26-/m1/s1. The summed E-state index contributed by atoms with van der Waals surface area (Å²) in [6.07, 6.45) is 0.481. The van der Waals surface area contributed by atoms with Gasteiger partial charge in [-0.25, -0.2) is 9.37 Å². The van der Waals surface area contributed by atoms with Crippen LogP contribution >= 0.6 is 0 Å². The molecule has 2 atom stereocenters. The number of pyridine rings is 2. The Morgan fingerprint density at radius 2 is 2.03 bits per heavy atom. The second kappa shape index (κ2) is 7.48. The molecule has 2 aliphatic heterocycles. The zero-order valence-corrected chi connectivity index (χ0v) is 19.8. The molecule has 5 rings (SSSR count). The number of carbonyl (C=O) groups excluding carboxylic acids is 2. The number of cyclic esters (lactones) is 1. The van der Waals surface area contributed by atoms with E-state index in [2.05, 4.69) is 5.32 Å². The molecule has 34 heavy (non-hydrogen) atoms. The maximum absolute atomic E-state index is 14.5. The van der Waals surface area contributed by atoms with Crippen molar-refractivity contribution in [3.8, 4) is 11.4 Å². The van der Waals surface area contributed by atoms with Crippen molar-refractivity contribution in [2.45, 2.75) is 65.6 Å². The summed E-state index contributed by atoms with van der Waals surface area (Å²) in [6, 6.07) is 4.61. The molecule has 0 fully saturated rings. The molecule has 0 spiro atoms. The lowest BCUT2D eigenvalue weighted by molar-refractivity contribution is -0.153. The zero-order chi connectivity index (χ0) is 24.5. The van der Waals surface area contributed by atoms with Crippen LogP contribution in [0.15, 0.2) is 23.0 Å². The lowest BCUT2D eigenvalue weighted by Gasteiger charge is -2.33. The monoisotopic (exact) mass is 463 g/mol. The third kappa shape index (κ3) is 3.01. The number of amides is 1. The number of carbonyl (C=O) groups is 2. The van der Waals surface area contributed by atoms with Crippen LogP contribution in [0.4, 0.5) is 4.39 Å². The van der Waals surface area contributed by atoms with E-state index in [1.165, 1.54) is 13.0 Å². The van der Waals surface area contributed by atoms with Gasteiger partial charge in [0, 0.05) is 23.9 Å². The lowest BCUT2D eigenvalue weighted by Crippen LogP contribution is -2.42. The number of hydrogen-bond acceptors (Lipinski definition) is 5. The van der Waals surface area contributed by atoms with Gasteiger partial charge in [0.1, 0.15) is 12.4 Å². The fourth-order valence-corrected chi connectivity index (χ4v) is 5.27.